The molecule has 0 amide bonds. The number of aliphatic hydroxyl groups is 30. The minimum atomic E-state index is -0.954. The highest BCUT2D eigenvalue weighted by atomic mass is 16.5. The summed E-state index contributed by atoms with van der Waals surface area (Å²) in [5, 5.41) is 255. The van der Waals surface area contributed by atoms with Gasteiger partial charge in [0.25, 0.3) is 11.9 Å². The topological polar surface area (TPSA) is 717 Å². The lowest BCUT2D eigenvalue weighted by molar-refractivity contribution is -0.135. The second-order valence-electron chi connectivity index (χ2n) is 15.4. The van der Waals surface area contributed by atoms with Gasteiger partial charge in [-0.2, -0.15) is 0 Å². The maximum Gasteiger partial charge on any atom is 0.308 e. The maximum atomic E-state index is 11.1. The van der Waals surface area contributed by atoms with Gasteiger partial charge in [-0.1, -0.05) is 24.3 Å². The van der Waals surface area contributed by atoms with Crippen molar-refractivity contribution in [2.75, 3.05) is 132 Å². The van der Waals surface area contributed by atoms with Crippen LogP contribution in [0.25, 0.3) is 0 Å². The molecule has 0 radical (unpaired) electrons. The van der Waals surface area contributed by atoms with Crippen molar-refractivity contribution in [1.82, 2.24) is 0 Å². The van der Waals surface area contributed by atoms with E-state index in [2.05, 4.69) is 0 Å². The van der Waals surface area contributed by atoms with Crippen molar-refractivity contribution in [3.05, 3.63) is 53.6 Å². The van der Waals surface area contributed by atoms with Crippen LogP contribution in [0.1, 0.15) is 31.9 Å². The van der Waals surface area contributed by atoms with E-state index < -0.39 is 73.0 Å². The van der Waals surface area contributed by atoms with Gasteiger partial charge in [-0.3, -0.25) is 14.4 Å². The number of carbonyl (C=O) groups is 3. The molecule has 518 valence electrons. The Kier molecular flexibility index (Phi) is 96.6. The van der Waals surface area contributed by atoms with Crippen molar-refractivity contribution in [2.24, 2.45) is 0 Å². The summed E-state index contributed by atoms with van der Waals surface area (Å²) >= 11 is 0. The Balaban J connectivity index is -0.0000000943. The first-order valence-corrected chi connectivity index (χ1v) is 24.7. The third-order valence-electron chi connectivity index (χ3n) is 7.12. The summed E-state index contributed by atoms with van der Waals surface area (Å²) in [6.07, 6.45) is -8.82. The molecule has 1 aliphatic rings. The predicted octanol–water partition coefficient (Wildman–Crippen LogP) is -13.2. The first kappa shape index (κ1) is 103. The van der Waals surface area contributed by atoms with Crippen molar-refractivity contribution < 1.29 is 187 Å². The molecule has 0 unspecified atom stereocenters. The number of carbonyl (C=O) groups excluding carboxylic acids is 1. The van der Waals surface area contributed by atoms with Crippen LogP contribution in [0.5, 0.6) is 17.2 Å². The molecular weight excluding hydrogens is 1180 g/mol. The van der Waals surface area contributed by atoms with Gasteiger partial charge in [-0.05, 0) is 23.8 Å². The van der Waals surface area contributed by atoms with Crippen LogP contribution in [0.4, 0.5) is 0 Å². The Morgan fingerprint density at radius 2 is 0.523 bits per heavy atom. The summed E-state index contributed by atoms with van der Waals surface area (Å²) in [7, 11) is 0. The van der Waals surface area contributed by atoms with Gasteiger partial charge in [-0.25, -0.2) is 0 Å². The number of hydrogen-bond donors (Lipinski definition) is 32. The predicted molar refractivity (Wildman–Crippen MR) is 295 cm³/mol. The molecule has 2 aromatic rings. The molecule has 0 bridgehead atoms. The minimum absolute atomic E-state index is 0.317. The number of carboxylic acids is 2. The number of hydrogen-bond acceptors (Lipinski definition) is 35. The number of rotatable bonds is 21. The van der Waals surface area contributed by atoms with Gasteiger partial charge < -0.3 is 173 Å². The van der Waals surface area contributed by atoms with E-state index >= 15 is 0 Å². The zero-order chi connectivity index (χ0) is 69.6. The average Bonchev–Trinajstić information content (AvgIpc) is 3.59. The van der Waals surface area contributed by atoms with Gasteiger partial charge in [0, 0.05) is 32.8 Å². The fraction of sp³-hybridized carbons (Fsp3) is 0.694. The second-order valence-corrected chi connectivity index (χ2v) is 15.4. The monoisotopic (exact) mass is 1280 g/mol. The Hall–Kier alpha value is -4.55. The Morgan fingerprint density at radius 3 is 0.698 bits per heavy atom. The number of carboxylic acid groups (broad SMARTS) is 2. The smallest absolute Gasteiger partial charge is 0.308 e. The molecule has 86 heavy (non-hydrogen) atoms. The van der Waals surface area contributed by atoms with E-state index in [0.717, 1.165) is 42.9 Å². The molecule has 0 aliphatic carbocycles. The number of aliphatic carboxylic acids is 2. The Bertz CT molecular complexity index is 1430. The van der Waals surface area contributed by atoms with Crippen LogP contribution in [0.3, 0.4) is 0 Å². The van der Waals surface area contributed by atoms with E-state index in [-0.39, 0.29) is 138 Å². The summed E-state index contributed by atoms with van der Waals surface area (Å²) in [6.45, 7) is -3.73. The van der Waals surface area contributed by atoms with Gasteiger partial charge in [-0.15, -0.1) is 0 Å². The standard InChI is InChI=1S/C15H12O3.10C3H8O3.2C2H4O2/c1-10(16)17-14-7-4-8-15-12(14)9-11-5-2-3-6-13(11)18-15;10*4-1-3(6)2-5;2*1-2(3)4/h2-8H,9H2,1H3;10*3-6H,1-2H2;2*1H3,(H,3,4). The fourth-order valence-corrected chi connectivity index (χ4v) is 2.70. The van der Waals surface area contributed by atoms with Crippen LogP contribution in [0.15, 0.2) is 42.5 Å². The third kappa shape index (κ3) is 93.2. The van der Waals surface area contributed by atoms with E-state index in [1.54, 1.807) is 6.07 Å². The zero-order valence-corrected chi connectivity index (χ0v) is 48.0. The van der Waals surface area contributed by atoms with E-state index in [1.165, 1.54) is 6.92 Å². The third-order valence-corrected chi connectivity index (χ3v) is 7.12. The van der Waals surface area contributed by atoms with Crippen molar-refractivity contribution in [1.29, 1.82) is 0 Å². The first-order valence-electron chi connectivity index (χ1n) is 24.7. The lowest BCUT2D eigenvalue weighted by Crippen LogP contribution is -2.15. The van der Waals surface area contributed by atoms with Crippen molar-refractivity contribution >= 4 is 17.9 Å². The van der Waals surface area contributed by atoms with Crippen molar-refractivity contribution in [3.8, 4) is 17.2 Å². The van der Waals surface area contributed by atoms with Crippen LogP contribution in [0.2, 0.25) is 0 Å². The number of ether oxygens (including phenoxy) is 2. The molecule has 0 fully saturated rings. The number of para-hydroxylation sites is 1. The SMILES string of the molecule is CC(=O)O.CC(=O)O.CC(=O)Oc1cccc2c1Cc1ccccc1O2.OCC(O)CO.OCC(O)CO.OCC(O)CO.OCC(O)CO.OCC(O)CO.OCC(O)CO.OCC(O)CO.OCC(O)CO.OCC(O)CO.OCC(O)CO. The van der Waals surface area contributed by atoms with E-state index in [9.17, 15) is 4.79 Å². The van der Waals surface area contributed by atoms with Gasteiger partial charge in [0.1, 0.15) is 78.3 Å². The highest BCUT2D eigenvalue weighted by molar-refractivity contribution is 5.71. The molecule has 2 aromatic carbocycles. The lowest BCUT2D eigenvalue weighted by Gasteiger charge is -2.21. The van der Waals surface area contributed by atoms with Gasteiger partial charge in [0.15, 0.2) is 0 Å². The van der Waals surface area contributed by atoms with Crippen LogP contribution in [0, 0.1) is 0 Å². The van der Waals surface area contributed by atoms with Crippen molar-refractivity contribution in [3.63, 3.8) is 0 Å². The average molecular weight is 1280 g/mol. The van der Waals surface area contributed by atoms with Gasteiger partial charge in [0.2, 0.25) is 0 Å². The molecule has 0 aromatic heterocycles. The summed E-state index contributed by atoms with van der Waals surface area (Å²) < 4.78 is 11.0. The molecule has 1 heterocycles. The molecule has 0 saturated heterocycles. The molecule has 3 rings (SSSR count). The number of aliphatic hydroxyl groups excluding tert-OH is 30. The van der Waals surface area contributed by atoms with Gasteiger partial charge >= 0.3 is 5.97 Å². The van der Waals surface area contributed by atoms with Crippen LogP contribution < -0.4 is 9.47 Å². The van der Waals surface area contributed by atoms with Crippen molar-refractivity contribution in [2.45, 2.75) is 88.2 Å². The number of esters is 1. The molecule has 0 spiro atoms. The molecule has 0 atom stereocenters. The van der Waals surface area contributed by atoms with Crippen LogP contribution in [-0.4, -0.2) is 374 Å². The van der Waals surface area contributed by atoms with Crippen LogP contribution >= 0.6 is 0 Å². The van der Waals surface area contributed by atoms with E-state index in [4.69, 9.17) is 182 Å². The normalized spacial score (nSPS) is 10.1. The molecule has 32 N–H and O–H groups in total. The second kappa shape index (κ2) is 80.5. The Labute approximate surface area is 495 Å². The Morgan fingerprint density at radius 1 is 0.337 bits per heavy atom. The summed E-state index contributed by atoms with van der Waals surface area (Å²) in [4.78, 5) is 29.1. The van der Waals surface area contributed by atoms with Crippen LogP contribution in [-0.2, 0) is 20.8 Å². The number of benzene rings is 2. The van der Waals surface area contributed by atoms with E-state index in [1.807, 2.05) is 36.4 Å². The van der Waals surface area contributed by atoms with E-state index in [0.29, 0.717) is 5.75 Å². The maximum absolute atomic E-state index is 11.1. The molecule has 1 aliphatic heterocycles. The quantitative estimate of drug-likeness (QED) is 0.0348. The molecule has 37 nitrogen and oxygen atoms in total. The van der Waals surface area contributed by atoms with Gasteiger partial charge in [0.05, 0.1) is 132 Å². The highest BCUT2D eigenvalue weighted by Gasteiger charge is 2.20. The first-order chi connectivity index (χ1) is 40.3. The zero-order valence-electron chi connectivity index (χ0n) is 48.0. The highest BCUT2D eigenvalue weighted by Crippen LogP contribution is 2.40. The summed E-state index contributed by atoms with van der Waals surface area (Å²) in [6, 6.07) is 13.4. The minimum Gasteiger partial charge on any atom is -0.481 e. The molecule has 0 saturated carbocycles. The lowest BCUT2D eigenvalue weighted by atomic mass is 9.99. The fourth-order valence-electron chi connectivity index (χ4n) is 2.70. The summed E-state index contributed by atoms with van der Waals surface area (Å²) in [5.74, 6) is 0.217. The summed E-state index contributed by atoms with van der Waals surface area (Å²) in [5.41, 5.74) is 2.02. The molecular formula is C49H100O37. The largest absolute Gasteiger partial charge is 0.481 e. The number of fused-ring (bicyclic) bond motifs is 2. The molecule has 37 heteroatoms.